The van der Waals surface area contributed by atoms with Crippen LogP contribution in [0.5, 0.6) is 0 Å². The van der Waals surface area contributed by atoms with Crippen molar-refractivity contribution in [1.29, 1.82) is 0 Å². The normalized spacial score (nSPS) is 11.8. The number of rotatable bonds is 3. The van der Waals surface area contributed by atoms with Gasteiger partial charge in [-0.25, -0.2) is 4.57 Å². The van der Waals surface area contributed by atoms with Crippen molar-refractivity contribution >= 4 is 13.9 Å². The highest BCUT2D eigenvalue weighted by atomic mass is 31.2. The summed E-state index contributed by atoms with van der Waals surface area (Å²) < 4.78 is 14.4. The van der Waals surface area contributed by atoms with Gasteiger partial charge in [-0.2, -0.15) is 0 Å². The molecule has 0 atom stereocenters. The largest absolute Gasteiger partial charge is 0.524 e. The topological polar surface area (TPSA) is 66.8 Å². The van der Waals surface area contributed by atoms with Gasteiger partial charge in [0.25, 0.3) is 0 Å². The summed E-state index contributed by atoms with van der Waals surface area (Å²) in [5.41, 5.74) is 0.816. The van der Waals surface area contributed by atoms with Crippen molar-refractivity contribution in [3.05, 3.63) is 42.2 Å². The Bertz CT molecular complexity index is 327. The quantitative estimate of drug-likeness (QED) is 0.576. The van der Waals surface area contributed by atoms with Crippen LogP contribution < -0.4 is 0 Å². The lowest BCUT2D eigenvalue weighted by atomic mass is 10.2. The van der Waals surface area contributed by atoms with Crippen LogP contribution in [0.15, 0.2) is 36.6 Å². The molecule has 0 amide bonds. The minimum absolute atomic E-state index is 0.816. The maximum Gasteiger partial charge on any atom is 0.524 e. The van der Waals surface area contributed by atoms with E-state index in [0.29, 0.717) is 0 Å². The number of hydrogen-bond donors (Lipinski definition) is 2. The van der Waals surface area contributed by atoms with Crippen LogP contribution in [0.1, 0.15) is 5.56 Å². The van der Waals surface area contributed by atoms with Crippen molar-refractivity contribution in [1.82, 2.24) is 0 Å². The fourth-order valence-electron chi connectivity index (χ4n) is 0.752. The van der Waals surface area contributed by atoms with E-state index in [2.05, 4.69) is 4.52 Å². The van der Waals surface area contributed by atoms with E-state index in [4.69, 9.17) is 9.79 Å². The van der Waals surface area contributed by atoms with Crippen LogP contribution in [-0.4, -0.2) is 9.79 Å². The van der Waals surface area contributed by atoms with Crippen LogP contribution in [0, 0.1) is 0 Å². The average Bonchev–Trinajstić information content (AvgIpc) is 2.04. The van der Waals surface area contributed by atoms with E-state index >= 15 is 0 Å². The number of phosphoric acid groups is 1. The third kappa shape index (κ3) is 4.48. The summed E-state index contributed by atoms with van der Waals surface area (Å²) in [5.74, 6) is 0. The standard InChI is InChI=1S/C8H9O4P/c9-13(10,11)12-7-6-8-4-2-1-3-5-8/h1-7H,(H2,9,10,11)/b7-6+. The van der Waals surface area contributed by atoms with Gasteiger partial charge in [0, 0.05) is 0 Å². The predicted octanol–water partition coefficient (Wildman–Crippen LogP) is 1.77. The number of phosphoric ester groups is 1. The van der Waals surface area contributed by atoms with Crippen molar-refractivity contribution in [2.24, 2.45) is 0 Å². The second kappa shape index (κ2) is 4.23. The lowest BCUT2D eigenvalue weighted by Crippen LogP contribution is -1.77. The monoisotopic (exact) mass is 200 g/mol. The maximum absolute atomic E-state index is 10.2. The summed E-state index contributed by atoms with van der Waals surface area (Å²) in [4.78, 5) is 16.7. The molecule has 0 saturated heterocycles. The van der Waals surface area contributed by atoms with E-state index in [1.54, 1.807) is 12.1 Å². The van der Waals surface area contributed by atoms with Gasteiger partial charge in [-0.1, -0.05) is 30.3 Å². The second-order valence-electron chi connectivity index (χ2n) is 2.31. The van der Waals surface area contributed by atoms with Crippen LogP contribution in [0.25, 0.3) is 6.08 Å². The molecule has 13 heavy (non-hydrogen) atoms. The first kappa shape index (κ1) is 9.99. The van der Waals surface area contributed by atoms with E-state index in [9.17, 15) is 4.57 Å². The molecule has 0 aliphatic carbocycles. The van der Waals surface area contributed by atoms with Gasteiger partial charge in [-0.3, -0.25) is 9.79 Å². The molecule has 5 heteroatoms. The van der Waals surface area contributed by atoms with Gasteiger partial charge in [0.15, 0.2) is 0 Å². The third-order valence-electron chi connectivity index (χ3n) is 1.26. The van der Waals surface area contributed by atoms with E-state index < -0.39 is 7.82 Å². The molecule has 2 N–H and O–H groups in total. The molecule has 0 saturated carbocycles. The highest BCUT2D eigenvalue weighted by Crippen LogP contribution is 2.36. The molecular weight excluding hydrogens is 191 g/mol. The van der Waals surface area contributed by atoms with E-state index in [0.717, 1.165) is 11.8 Å². The Morgan fingerprint density at radius 2 is 1.85 bits per heavy atom. The Hall–Kier alpha value is -1.09. The highest BCUT2D eigenvalue weighted by Gasteiger charge is 2.10. The van der Waals surface area contributed by atoms with Gasteiger partial charge in [0.1, 0.15) is 0 Å². The summed E-state index contributed by atoms with van der Waals surface area (Å²) in [6.45, 7) is 0. The predicted molar refractivity (Wildman–Crippen MR) is 48.6 cm³/mol. The minimum atomic E-state index is -4.39. The van der Waals surface area contributed by atoms with Crippen molar-refractivity contribution in [2.45, 2.75) is 0 Å². The molecule has 0 fully saturated rings. The average molecular weight is 200 g/mol. The molecule has 0 spiro atoms. The van der Waals surface area contributed by atoms with Gasteiger partial charge in [-0.15, -0.1) is 0 Å². The highest BCUT2D eigenvalue weighted by molar-refractivity contribution is 7.46. The molecule has 4 nitrogen and oxygen atoms in total. The summed E-state index contributed by atoms with van der Waals surface area (Å²) in [6, 6.07) is 9.06. The van der Waals surface area contributed by atoms with Gasteiger partial charge in [-0.05, 0) is 11.6 Å². The minimum Gasteiger partial charge on any atom is -0.412 e. The zero-order chi connectivity index (χ0) is 9.73. The van der Waals surface area contributed by atoms with Crippen LogP contribution in [0.3, 0.4) is 0 Å². The first-order chi connectivity index (χ1) is 6.08. The molecule has 70 valence electrons. The molecule has 1 rings (SSSR count). The smallest absolute Gasteiger partial charge is 0.412 e. The molecule has 0 unspecified atom stereocenters. The van der Waals surface area contributed by atoms with E-state index in [1.807, 2.05) is 18.2 Å². The zero-order valence-electron chi connectivity index (χ0n) is 6.70. The van der Waals surface area contributed by atoms with Crippen LogP contribution in [0.4, 0.5) is 0 Å². The Morgan fingerprint density at radius 3 is 2.38 bits per heavy atom. The molecule has 0 aliphatic heterocycles. The molecule has 1 aromatic carbocycles. The summed E-state index contributed by atoms with van der Waals surface area (Å²) in [7, 11) is -4.39. The molecule has 0 aromatic heterocycles. The van der Waals surface area contributed by atoms with Crippen molar-refractivity contribution < 1.29 is 18.9 Å². The Balaban J connectivity index is 2.56. The molecule has 1 aromatic rings. The van der Waals surface area contributed by atoms with Crippen LogP contribution in [0.2, 0.25) is 0 Å². The second-order valence-corrected chi connectivity index (χ2v) is 3.50. The molecule has 0 radical (unpaired) electrons. The summed E-state index contributed by atoms with van der Waals surface area (Å²) in [6.07, 6.45) is 2.45. The van der Waals surface area contributed by atoms with Gasteiger partial charge >= 0.3 is 7.82 Å². The lowest BCUT2D eigenvalue weighted by molar-refractivity contribution is 0.259. The number of hydrogen-bond acceptors (Lipinski definition) is 2. The maximum atomic E-state index is 10.2. The Morgan fingerprint density at radius 1 is 1.23 bits per heavy atom. The van der Waals surface area contributed by atoms with E-state index in [-0.39, 0.29) is 0 Å². The number of benzene rings is 1. The molecule has 0 bridgehead atoms. The lowest BCUT2D eigenvalue weighted by Gasteiger charge is -1.99. The first-order valence-corrected chi connectivity index (χ1v) is 5.06. The SMILES string of the molecule is O=P(O)(O)O/C=C/c1ccccc1. The fourth-order valence-corrected chi connectivity index (χ4v) is 0.972. The van der Waals surface area contributed by atoms with E-state index in [1.165, 1.54) is 6.08 Å². The Kier molecular flexibility index (Phi) is 3.25. The summed E-state index contributed by atoms with van der Waals surface area (Å²) >= 11 is 0. The Labute approximate surface area is 75.7 Å². The van der Waals surface area contributed by atoms with Crippen LogP contribution >= 0.6 is 7.82 Å². The molecular formula is C8H9O4P. The molecule has 0 heterocycles. The van der Waals surface area contributed by atoms with Gasteiger partial charge in [0.2, 0.25) is 0 Å². The van der Waals surface area contributed by atoms with Gasteiger partial charge in [0.05, 0.1) is 6.26 Å². The first-order valence-electron chi connectivity index (χ1n) is 3.53. The van der Waals surface area contributed by atoms with Crippen molar-refractivity contribution in [2.75, 3.05) is 0 Å². The van der Waals surface area contributed by atoms with Crippen molar-refractivity contribution in [3.8, 4) is 0 Å². The zero-order valence-corrected chi connectivity index (χ0v) is 7.59. The van der Waals surface area contributed by atoms with Crippen molar-refractivity contribution in [3.63, 3.8) is 0 Å². The van der Waals surface area contributed by atoms with Crippen LogP contribution in [-0.2, 0) is 9.09 Å². The fraction of sp³-hybridized carbons (Fsp3) is 0. The third-order valence-corrected chi connectivity index (χ3v) is 1.65. The summed E-state index contributed by atoms with van der Waals surface area (Å²) in [5, 5.41) is 0. The van der Waals surface area contributed by atoms with Gasteiger partial charge < -0.3 is 4.52 Å². The molecule has 0 aliphatic rings.